The van der Waals surface area contributed by atoms with Crippen molar-refractivity contribution >= 4 is 5.91 Å². The number of rotatable bonds is 6. The molecule has 0 bridgehead atoms. The largest absolute Gasteiger partial charge is 0.494 e. The Balaban J connectivity index is 1.56. The number of hydrogen-bond donors (Lipinski definition) is 2. The standard InChI is InChI=1S/C17H22N4O2/c1-2-23-15-6-4-3-5-13(15)7-8-19-17(22)14-12-21-10-9-18-11-16(21)20-14/h3-6,12,18H,2,7-11H2,1H3,(H,19,22). The highest BCUT2D eigenvalue weighted by atomic mass is 16.5. The van der Waals surface area contributed by atoms with Crippen molar-refractivity contribution in [2.45, 2.75) is 26.4 Å². The lowest BCUT2D eigenvalue weighted by atomic mass is 10.1. The third-order valence-corrected chi connectivity index (χ3v) is 3.86. The van der Waals surface area contributed by atoms with Crippen molar-refractivity contribution in [2.75, 3.05) is 19.7 Å². The lowest BCUT2D eigenvalue weighted by molar-refractivity contribution is 0.0949. The first-order valence-corrected chi connectivity index (χ1v) is 8.03. The molecule has 1 amide bonds. The van der Waals surface area contributed by atoms with Crippen LogP contribution in [0.3, 0.4) is 0 Å². The van der Waals surface area contributed by atoms with Gasteiger partial charge in [0.25, 0.3) is 5.91 Å². The van der Waals surface area contributed by atoms with Gasteiger partial charge in [0.15, 0.2) is 0 Å². The molecule has 1 aliphatic heterocycles. The summed E-state index contributed by atoms with van der Waals surface area (Å²) in [7, 11) is 0. The average Bonchev–Trinajstić information content (AvgIpc) is 3.01. The van der Waals surface area contributed by atoms with Gasteiger partial charge in [-0.1, -0.05) is 18.2 Å². The molecule has 0 fully saturated rings. The van der Waals surface area contributed by atoms with Crippen LogP contribution in [0.4, 0.5) is 0 Å². The Morgan fingerprint density at radius 2 is 2.30 bits per heavy atom. The zero-order chi connectivity index (χ0) is 16.1. The Hall–Kier alpha value is -2.34. The molecule has 1 aromatic heterocycles. The third kappa shape index (κ3) is 3.71. The fraction of sp³-hybridized carbons (Fsp3) is 0.412. The predicted molar refractivity (Wildman–Crippen MR) is 87.6 cm³/mol. The topological polar surface area (TPSA) is 68.2 Å². The summed E-state index contributed by atoms with van der Waals surface area (Å²) in [5.41, 5.74) is 1.59. The highest BCUT2D eigenvalue weighted by Crippen LogP contribution is 2.18. The van der Waals surface area contributed by atoms with Crippen LogP contribution in [0.2, 0.25) is 0 Å². The van der Waals surface area contributed by atoms with Gasteiger partial charge in [0.1, 0.15) is 17.3 Å². The molecule has 0 saturated carbocycles. The number of fused-ring (bicyclic) bond motifs is 1. The smallest absolute Gasteiger partial charge is 0.271 e. The normalized spacial score (nSPS) is 13.4. The number of ether oxygens (including phenoxy) is 1. The monoisotopic (exact) mass is 314 g/mol. The van der Waals surface area contributed by atoms with E-state index < -0.39 is 0 Å². The zero-order valence-corrected chi connectivity index (χ0v) is 13.3. The molecule has 0 atom stereocenters. The molecule has 6 nitrogen and oxygen atoms in total. The van der Waals surface area contributed by atoms with Crippen LogP contribution in [0.15, 0.2) is 30.5 Å². The molecule has 1 aromatic carbocycles. The maximum Gasteiger partial charge on any atom is 0.271 e. The van der Waals surface area contributed by atoms with E-state index in [1.54, 1.807) is 0 Å². The number of carbonyl (C=O) groups excluding carboxylic acids is 1. The summed E-state index contributed by atoms with van der Waals surface area (Å²) in [4.78, 5) is 16.6. The van der Waals surface area contributed by atoms with Crippen LogP contribution < -0.4 is 15.4 Å². The van der Waals surface area contributed by atoms with Crippen molar-refractivity contribution in [3.05, 3.63) is 47.5 Å². The predicted octanol–water partition coefficient (Wildman–Crippen LogP) is 1.36. The third-order valence-electron chi connectivity index (χ3n) is 3.86. The van der Waals surface area contributed by atoms with E-state index in [0.717, 1.165) is 43.2 Å². The van der Waals surface area contributed by atoms with E-state index in [-0.39, 0.29) is 5.91 Å². The van der Waals surface area contributed by atoms with E-state index in [4.69, 9.17) is 4.74 Å². The number of nitrogens with one attached hydrogen (secondary N) is 2. The average molecular weight is 314 g/mol. The van der Waals surface area contributed by atoms with E-state index in [1.165, 1.54) is 0 Å². The van der Waals surface area contributed by atoms with Crippen molar-refractivity contribution in [3.8, 4) is 5.75 Å². The summed E-state index contributed by atoms with van der Waals surface area (Å²) < 4.78 is 7.64. The van der Waals surface area contributed by atoms with Crippen molar-refractivity contribution in [1.82, 2.24) is 20.2 Å². The minimum atomic E-state index is -0.124. The highest BCUT2D eigenvalue weighted by molar-refractivity contribution is 5.92. The first-order valence-electron chi connectivity index (χ1n) is 8.03. The summed E-state index contributed by atoms with van der Waals surface area (Å²) >= 11 is 0. The molecule has 23 heavy (non-hydrogen) atoms. The lowest BCUT2D eigenvalue weighted by Crippen LogP contribution is -2.27. The van der Waals surface area contributed by atoms with E-state index in [0.29, 0.717) is 18.8 Å². The number of para-hydroxylation sites is 1. The number of aromatic nitrogens is 2. The molecular weight excluding hydrogens is 292 g/mol. The lowest BCUT2D eigenvalue weighted by Gasteiger charge is -2.13. The van der Waals surface area contributed by atoms with Crippen LogP contribution in [0, 0.1) is 0 Å². The van der Waals surface area contributed by atoms with E-state index in [2.05, 4.69) is 15.6 Å². The molecule has 1 aliphatic rings. The number of carbonyl (C=O) groups is 1. The highest BCUT2D eigenvalue weighted by Gasteiger charge is 2.16. The Morgan fingerprint density at radius 1 is 1.43 bits per heavy atom. The van der Waals surface area contributed by atoms with Gasteiger partial charge in [0.2, 0.25) is 0 Å². The molecule has 122 valence electrons. The molecule has 0 radical (unpaired) electrons. The Kier molecular flexibility index (Phi) is 4.92. The summed E-state index contributed by atoms with van der Waals surface area (Å²) in [6, 6.07) is 7.92. The first kappa shape index (κ1) is 15.6. The second-order valence-electron chi connectivity index (χ2n) is 5.46. The number of benzene rings is 1. The van der Waals surface area contributed by atoms with Crippen molar-refractivity contribution < 1.29 is 9.53 Å². The minimum Gasteiger partial charge on any atom is -0.494 e. The maximum atomic E-state index is 12.2. The quantitative estimate of drug-likeness (QED) is 0.845. The van der Waals surface area contributed by atoms with E-state index in [1.807, 2.05) is 42.0 Å². The molecule has 0 saturated heterocycles. The Labute approximate surface area is 135 Å². The first-order chi connectivity index (χ1) is 11.3. The Bertz CT molecular complexity index is 657. The summed E-state index contributed by atoms with van der Waals surface area (Å²) in [6.07, 6.45) is 2.57. The van der Waals surface area contributed by atoms with E-state index in [9.17, 15) is 4.79 Å². The fourth-order valence-corrected chi connectivity index (χ4v) is 2.71. The minimum absolute atomic E-state index is 0.124. The SMILES string of the molecule is CCOc1ccccc1CCNC(=O)c1cn2c(n1)CNCC2. The summed E-state index contributed by atoms with van der Waals surface area (Å²) in [6.45, 7) is 5.65. The van der Waals surface area contributed by atoms with Gasteiger partial charge in [-0.05, 0) is 25.0 Å². The molecule has 0 unspecified atom stereocenters. The van der Waals surface area contributed by atoms with Gasteiger partial charge in [-0.3, -0.25) is 4.79 Å². The number of hydrogen-bond acceptors (Lipinski definition) is 4. The van der Waals surface area contributed by atoms with Gasteiger partial charge in [-0.2, -0.15) is 0 Å². The van der Waals surface area contributed by atoms with Crippen LogP contribution in [-0.2, 0) is 19.5 Å². The number of imidazole rings is 1. The molecule has 2 aromatic rings. The number of amides is 1. The van der Waals surface area contributed by atoms with Gasteiger partial charge in [-0.15, -0.1) is 0 Å². The van der Waals surface area contributed by atoms with Gasteiger partial charge >= 0.3 is 0 Å². The molecule has 2 N–H and O–H groups in total. The van der Waals surface area contributed by atoms with Crippen molar-refractivity contribution in [3.63, 3.8) is 0 Å². The number of nitrogens with zero attached hydrogens (tertiary/aromatic N) is 2. The van der Waals surface area contributed by atoms with Crippen LogP contribution >= 0.6 is 0 Å². The van der Waals surface area contributed by atoms with Crippen LogP contribution in [0.5, 0.6) is 5.75 Å². The van der Waals surface area contributed by atoms with Gasteiger partial charge in [-0.25, -0.2) is 4.98 Å². The van der Waals surface area contributed by atoms with Crippen LogP contribution in [0.25, 0.3) is 0 Å². The second-order valence-corrected chi connectivity index (χ2v) is 5.46. The summed E-state index contributed by atoms with van der Waals surface area (Å²) in [5.74, 6) is 1.68. The maximum absolute atomic E-state index is 12.2. The molecule has 0 aliphatic carbocycles. The molecule has 0 spiro atoms. The zero-order valence-electron chi connectivity index (χ0n) is 13.3. The van der Waals surface area contributed by atoms with Crippen molar-refractivity contribution in [1.29, 1.82) is 0 Å². The van der Waals surface area contributed by atoms with Gasteiger partial charge in [0.05, 0.1) is 13.2 Å². The van der Waals surface area contributed by atoms with Crippen LogP contribution in [-0.4, -0.2) is 35.2 Å². The fourth-order valence-electron chi connectivity index (χ4n) is 2.71. The molecular formula is C17H22N4O2. The molecule has 2 heterocycles. The Morgan fingerprint density at radius 3 is 3.13 bits per heavy atom. The second kappa shape index (κ2) is 7.28. The van der Waals surface area contributed by atoms with Gasteiger partial charge < -0.3 is 19.9 Å². The van der Waals surface area contributed by atoms with E-state index >= 15 is 0 Å². The van der Waals surface area contributed by atoms with Crippen LogP contribution in [0.1, 0.15) is 28.8 Å². The van der Waals surface area contributed by atoms with Gasteiger partial charge in [0, 0.05) is 25.8 Å². The molecule has 3 rings (SSSR count). The molecule has 6 heteroatoms. The summed E-state index contributed by atoms with van der Waals surface area (Å²) in [5, 5.41) is 6.18. The van der Waals surface area contributed by atoms with Crippen molar-refractivity contribution in [2.24, 2.45) is 0 Å².